The second-order valence-electron chi connectivity index (χ2n) is 3.81. The highest BCUT2D eigenvalue weighted by Crippen LogP contribution is 2.09. The molecule has 3 heteroatoms. The second kappa shape index (κ2) is 4.90. The van der Waals surface area contributed by atoms with Gasteiger partial charge in [0.1, 0.15) is 11.7 Å². The minimum absolute atomic E-state index is 0.236. The molecule has 13 heavy (non-hydrogen) atoms. The van der Waals surface area contributed by atoms with Crippen molar-refractivity contribution >= 4 is 6.16 Å². The van der Waals surface area contributed by atoms with Crippen LogP contribution < -0.4 is 0 Å². The highest BCUT2D eigenvalue weighted by Gasteiger charge is 2.18. The summed E-state index contributed by atoms with van der Waals surface area (Å²) >= 11 is 0. The van der Waals surface area contributed by atoms with Crippen molar-refractivity contribution in [1.82, 2.24) is 0 Å². The summed E-state index contributed by atoms with van der Waals surface area (Å²) in [7, 11) is 0. The molecule has 0 bridgehead atoms. The van der Waals surface area contributed by atoms with Crippen LogP contribution in [0.2, 0.25) is 0 Å². The van der Waals surface area contributed by atoms with E-state index in [1.807, 2.05) is 13.0 Å². The van der Waals surface area contributed by atoms with Crippen LogP contribution in [0.1, 0.15) is 34.6 Å². The molecule has 0 aliphatic rings. The zero-order valence-electron chi connectivity index (χ0n) is 8.96. The zero-order chi connectivity index (χ0) is 10.5. The normalized spacial score (nSPS) is 14.2. The molecule has 3 nitrogen and oxygen atoms in total. The Bertz CT molecular complexity index is 189. The average molecular weight is 186 g/mol. The Hall–Kier alpha value is -0.990. The van der Waals surface area contributed by atoms with Gasteiger partial charge in [0.2, 0.25) is 0 Å². The molecule has 0 rings (SSSR count). The number of carbonyl (C=O) groups excluding carboxylic acids is 1. The number of allylic oxidation sites excluding steroid dienone is 1. The van der Waals surface area contributed by atoms with Crippen molar-refractivity contribution in [3.63, 3.8) is 0 Å². The predicted molar refractivity (Wildman–Crippen MR) is 51.6 cm³/mol. The maximum absolute atomic E-state index is 11.1. The fraction of sp³-hybridized carbons (Fsp3) is 0.700. The van der Waals surface area contributed by atoms with E-state index >= 15 is 0 Å². The van der Waals surface area contributed by atoms with Gasteiger partial charge < -0.3 is 9.47 Å². The standard InChI is InChI=1S/C10H18O3/c1-6-7-8(2)12-9(11)13-10(3,4)5/h6-8H,1-5H3/b7-6+. The lowest BCUT2D eigenvalue weighted by molar-refractivity contribution is -0.0154. The molecule has 0 heterocycles. The first-order valence-corrected chi connectivity index (χ1v) is 4.37. The SMILES string of the molecule is C/C=C/C(C)OC(=O)OC(C)(C)C. The van der Waals surface area contributed by atoms with Gasteiger partial charge >= 0.3 is 6.16 Å². The maximum atomic E-state index is 11.1. The van der Waals surface area contributed by atoms with Gasteiger partial charge in [0.05, 0.1) is 0 Å². The van der Waals surface area contributed by atoms with E-state index in [0.29, 0.717) is 0 Å². The van der Waals surface area contributed by atoms with Gasteiger partial charge in [-0.3, -0.25) is 0 Å². The summed E-state index contributed by atoms with van der Waals surface area (Å²) in [6.07, 6.45) is 2.75. The lowest BCUT2D eigenvalue weighted by Gasteiger charge is -2.19. The topological polar surface area (TPSA) is 35.5 Å². The molecule has 0 radical (unpaired) electrons. The smallest absolute Gasteiger partial charge is 0.429 e. The first kappa shape index (κ1) is 12.0. The molecule has 0 aromatic heterocycles. The van der Waals surface area contributed by atoms with E-state index < -0.39 is 11.8 Å². The number of hydrogen-bond acceptors (Lipinski definition) is 3. The van der Waals surface area contributed by atoms with Gasteiger partial charge in [0.15, 0.2) is 0 Å². The van der Waals surface area contributed by atoms with E-state index in [9.17, 15) is 4.79 Å². The lowest BCUT2D eigenvalue weighted by Crippen LogP contribution is -2.26. The van der Waals surface area contributed by atoms with E-state index in [1.54, 1.807) is 33.8 Å². The summed E-state index contributed by atoms with van der Waals surface area (Å²) in [5.41, 5.74) is -0.493. The van der Waals surface area contributed by atoms with Crippen LogP contribution in [0.25, 0.3) is 0 Å². The fourth-order valence-electron chi connectivity index (χ4n) is 0.736. The van der Waals surface area contributed by atoms with E-state index in [1.165, 1.54) is 0 Å². The zero-order valence-corrected chi connectivity index (χ0v) is 8.96. The summed E-state index contributed by atoms with van der Waals surface area (Å²) in [6, 6.07) is 0. The first-order chi connectivity index (χ1) is 5.85. The van der Waals surface area contributed by atoms with Gasteiger partial charge in [0, 0.05) is 0 Å². The summed E-state index contributed by atoms with van der Waals surface area (Å²) in [5.74, 6) is 0. The average Bonchev–Trinajstić information content (AvgIpc) is 1.81. The van der Waals surface area contributed by atoms with Crippen LogP contribution >= 0.6 is 0 Å². The molecular weight excluding hydrogens is 168 g/mol. The predicted octanol–water partition coefficient (Wildman–Crippen LogP) is 2.90. The monoisotopic (exact) mass is 186 g/mol. The van der Waals surface area contributed by atoms with Crippen LogP contribution in [0.5, 0.6) is 0 Å². The van der Waals surface area contributed by atoms with Gasteiger partial charge in [-0.25, -0.2) is 4.79 Å². The second-order valence-corrected chi connectivity index (χ2v) is 3.81. The van der Waals surface area contributed by atoms with E-state index in [4.69, 9.17) is 9.47 Å². The first-order valence-electron chi connectivity index (χ1n) is 4.37. The van der Waals surface area contributed by atoms with Crippen molar-refractivity contribution in [3.8, 4) is 0 Å². The summed E-state index contributed by atoms with van der Waals surface area (Å²) in [6.45, 7) is 9.05. The molecule has 0 amide bonds. The molecule has 0 aliphatic carbocycles. The number of carbonyl (C=O) groups is 1. The van der Waals surface area contributed by atoms with Crippen molar-refractivity contribution in [2.75, 3.05) is 0 Å². The lowest BCUT2D eigenvalue weighted by atomic mass is 10.2. The van der Waals surface area contributed by atoms with Gasteiger partial charge in [-0.2, -0.15) is 0 Å². The molecular formula is C10H18O3. The third-order valence-corrected chi connectivity index (χ3v) is 1.14. The quantitative estimate of drug-likeness (QED) is 0.491. The third-order valence-electron chi connectivity index (χ3n) is 1.14. The Labute approximate surface area is 79.7 Å². The van der Waals surface area contributed by atoms with Crippen LogP contribution in [0, 0.1) is 0 Å². The summed E-state index contributed by atoms with van der Waals surface area (Å²) < 4.78 is 9.88. The Morgan fingerprint density at radius 3 is 2.31 bits per heavy atom. The van der Waals surface area contributed by atoms with Crippen LogP contribution in [0.3, 0.4) is 0 Å². The molecule has 0 spiro atoms. The summed E-state index contributed by atoms with van der Waals surface area (Å²) in [4.78, 5) is 11.1. The molecule has 0 saturated heterocycles. The number of ether oxygens (including phenoxy) is 2. The van der Waals surface area contributed by atoms with Crippen molar-refractivity contribution in [2.24, 2.45) is 0 Å². The Balaban J connectivity index is 3.88. The van der Waals surface area contributed by atoms with Gasteiger partial charge in [0.25, 0.3) is 0 Å². The highest BCUT2D eigenvalue weighted by molar-refractivity contribution is 5.60. The Kier molecular flexibility index (Phi) is 4.52. The molecule has 0 aromatic carbocycles. The molecule has 0 aromatic rings. The van der Waals surface area contributed by atoms with Crippen molar-refractivity contribution in [2.45, 2.75) is 46.3 Å². The van der Waals surface area contributed by atoms with E-state index in [-0.39, 0.29) is 6.10 Å². The maximum Gasteiger partial charge on any atom is 0.509 e. The molecule has 1 unspecified atom stereocenters. The van der Waals surface area contributed by atoms with Crippen LogP contribution in [-0.4, -0.2) is 17.9 Å². The van der Waals surface area contributed by atoms with Gasteiger partial charge in [-0.1, -0.05) is 6.08 Å². The van der Waals surface area contributed by atoms with Crippen molar-refractivity contribution < 1.29 is 14.3 Å². The third kappa shape index (κ3) is 7.37. The minimum atomic E-state index is -0.627. The molecule has 1 atom stereocenters. The molecule has 76 valence electrons. The Morgan fingerprint density at radius 1 is 1.38 bits per heavy atom. The van der Waals surface area contributed by atoms with Crippen LogP contribution in [0.4, 0.5) is 4.79 Å². The van der Waals surface area contributed by atoms with Crippen molar-refractivity contribution in [3.05, 3.63) is 12.2 Å². The number of rotatable bonds is 2. The van der Waals surface area contributed by atoms with Crippen LogP contribution in [0.15, 0.2) is 12.2 Å². The van der Waals surface area contributed by atoms with Crippen molar-refractivity contribution in [1.29, 1.82) is 0 Å². The molecule has 0 fully saturated rings. The van der Waals surface area contributed by atoms with Crippen LogP contribution in [-0.2, 0) is 9.47 Å². The Morgan fingerprint density at radius 2 is 1.92 bits per heavy atom. The molecule has 0 saturated carbocycles. The minimum Gasteiger partial charge on any atom is -0.429 e. The highest BCUT2D eigenvalue weighted by atomic mass is 16.7. The fourth-order valence-corrected chi connectivity index (χ4v) is 0.736. The van der Waals surface area contributed by atoms with E-state index in [0.717, 1.165) is 0 Å². The number of hydrogen-bond donors (Lipinski definition) is 0. The van der Waals surface area contributed by atoms with Gasteiger partial charge in [-0.15, -0.1) is 0 Å². The summed E-state index contributed by atoms with van der Waals surface area (Å²) in [5, 5.41) is 0. The largest absolute Gasteiger partial charge is 0.509 e. The molecule has 0 N–H and O–H groups in total. The van der Waals surface area contributed by atoms with E-state index in [2.05, 4.69) is 0 Å². The van der Waals surface area contributed by atoms with Gasteiger partial charge in [-0.05, 0) is 40.7 Å². The molecule has 0 aliphatic heterocycles.